The molecule has 0 bridgehead atoms. The third kappa shape index (κ3) is 2.96. The van der Waals surface area contributed by atoms with Crippen molar-refractivity contribution >= 4 is 0 Å². The lowest BCUT2D eigenvalue weighted by atomic mass is 10.0. The SMILES string of the molecule is CC(F)(F)C(N)Cc1cccc(O)c1. The van der Waals surface area contributed by atoms with Gasteiger partial charge in [0.2, 0.25) is 0 Å². The molecular weight excluding hydrogens is 188 g/mol. The Labute approximate surface area is 81.4 Å². The number of rotatable bonds is 3. The van der Waals surface area contributed by atoms with Crippen molar-refractivity contribution in [3.8, 4) is 5.75 Å². The van der Waals surface area contributed by atoms with Crippen molar-refractivity contribution in [2.45, 2.75) is 25.3 Å². The predicted molar refractivity (Wildman–Crippen MR) is 50.4 cm³/mol. The molecule has 3 N–H and O–H groups in total. The Kier molecular flexibility index (Phi) is 3.06. The fourth-order valence-electron chi connectivity index (χ4n) is 1.12. The molecule has 1 rings (SSSR count). The third-order valence-corrected chi connectivity index (χ3v) is 2.02. The van der Waals surface area contributed by atoms with Gasteiger partial charge in [-0.25, -0.2) is 8.78 Å². The van der Waals surface area contributed by atoms with E-state index in [4.69, 9.17) is 10.8 Å². The van der Waals surface area contributed by atoms with Crippen LogP contribution in [0.4, 0.5) is 8.78 Å². The maximum atomic E-state index is 12.7. The van der Waals surface area contributed by atoms with E-state index in [0.29, 0.717) is 5.56 Å². The van der Waals surface area contributed by atoms with Gasteiger partial charge in [-0.1, -0.05) is 12.1 Å². The smallest absolute Gasteiger partial charge is 0.260 e. The molecule has 0 saturated carbocycles. The molecule has 1 atom stereocenters. The zero-order valence-corrected chi connectivity index (χ0v) is 7.87. The average Bonchev–Trinajstić information content (AvgIpc) is 2.02. The molecule has 0 amide bonds. The fraction of sp³-hybridized carbons (Fsp3) is 0.400. The summed E-state index contributed by atoms with van der Waals surface area (Å²) >= 11 is 0. The van der Waals surface area contributed by atoms with E-state index in [-0.39, 0.29) is 12.2 Å². The summed E-state index contributed by atoms with van der Waals surface area (Å²) in [5.74, 6) is -2.83. The van der Waals surface area contributed by atoms with Crippen LogP contribution < -0.4 is 5.73 Å². The van der Waals surface area contributed by atoms with Gasteiger partial charge in [-0.2, -0.15) is 0 Å². The molecule has 0 spiro atoms. The topological polar surface area (TPSA) is 46.2 Å². The van der Waals surface area contributed by atoms with Crippen molar-refractivity contribution in [1.29, 1.82) is 0 Å². The maximum Gasteiger partial charge on any atom is 0.260 e. The predicted octanol–water partition coefficient (Wildman–Crippen LogP) is 1.92. The van der Waals surface area contributed by atoms with Gasteiger partial charge in [0.1, 0.15) is 5.75 Å². The van der Waals surface area contributed by atoms with E-state index in [1.165, 1.54) is 12.1 Å². The second-order valence-corrected chi connectivity index (χ2v) is 3.44. The Morgan fingerprint density at radius 2 is 2.14 bits per heavy atom. The highest BCUT2D eigenvalue weighted by molar-refractivity contribution is 5.27. The molecule has 2 nitrogen and oxygen atoms in total. The standard InChI is InChI=1S/C10H13F2NO/c1-10(11,12)9(13)6-7-3-2-4-8(14)5-7/h2-5,9,14H,6,13H2,1H3. The first-order chi connectivity index (χ1) is 6.39. The molecule has 1 aromatic carbocycles. The van der Waals surface area contributed by atoms with Crippen molar-refractivity contribution in [1.82, 2.24) is 0 Å². The normalized spacial score (nSPS) is 14.0. The first-order valence-corrected chi connectivity index (χ1v) is 4.31. The highest BCUT2D eigenvalue weighted by Crippen LogP contribution is 2.20. The highest BCUT2D eigenvalue weighted by atomic mass is 19.3. The van der Waals surface area contributed by atoms with Crippen molar-refractivity contribution in [3.63, 3.8) is 0 Å². The molecule has 0 heterocycles. The molecule has 4 heteroatoms. The Bertz CT molecular complexity index is 309. The Morgan fingerprint density at radius 3 is 2.64 bits per heavy atom. The van der Waals surface area contributed by atoms with Gasteiger partial charge in [0.05, 0.1) is 6.04 Å². The lowest BCUT2D eigenvalue weighted by molar-refractivity contribution is -0.00515. The molecular formula is C10H13F2NO. The van der Waals surface area contributed by atoms with Crippen LogP contribution in [0.3, 0.4) is 0 Å². The summed E-state index contributed by atoms with van der Waals surface area (Å²) < 4.78 is 25.4. The molecule has 0 aliphatic carbocycles. The Balaban J connectivity index is 2.70. The third-order valence-electron chi connectivity index (χ3n) is 2.02. The number of phenolic OH excluding ortho intramolecular Hbond substituents is 1. The van der Waals surface area contributed by atoms with Gasteiger partial charge in [-0.05, 0) is 24.1 Å². The monoisotopic (exact) mass is 201 g/mol. The second-order valence-electron chi connectivity index (χ2n) is 3.44. The quantitative estimate of drug-likeness (QED) is 0.784. The maximum absolute atomic E-state index is 12.7. The molecule has 0 fully saturated rings. The number of benzene rings is 1. The van der Waals surface area contributed by atoms with E-state index in [9.17, 15) is 8.78 Å². The number of hydrogen-bond donors (Lipinski definition) is 2. The van der Waals surface area contributed by atoms with Gasteiger partial charge < -0.3 is 10.8 Å². The summed E-state index contributed by atoms with van der Waals surface area (Å²) in [7, 11) is 0. The van der Waals surface area contributed by atoms with Crippen LogP contribution in [0.15, 0.2) is 24.3 Å². The molecule has 0 aliphatic heterocycles. The van der Waals surface area contributed by atoms with Crippen LogP contribution in [-0.2, 0) is 6.42 Å². The highest BCUT2D eigenvalue weighted by Gasteiger charge is 2.30. The van der Waals surface area contributed by atoms with Crippen molar-refractivity contribution in [2.24, 2.45) is 5.73 Å². The van der Waals surface area contributed by atoms with E-state index in [0.717, 1.165) is 6.92 Å². The summed E-state index contributed by atoms with van der Waals surface area (Å²) in [6.07, 6.45) is 0.0535. The largest absolute Gasteiger partial charge is 0.508 e. The number of nitrogens with two attached hydrogens (primary N) is 1. The van der Waals surface area contributed by atoms with E-state index in [2.05, 4.69) is 0 Å². The summed E-state index contributed by atoms with van der Waals surface area (Å²) in [4.78, 5) is 0. The molecule has 0 radical (unpaired) electrons. The van der Waals surface area contributed by atoms with Crippen LogP contribution in [0, 0.1) is 0 Å². The minimum atomic E-state index is -2.90. The van der Waals surface area contributed by atoms with Crippen LogP contribution in [0.5, 0.6) is 5.75 Å². The minimum Gasteiger partial charge on any atom is -0.508 e. The molecule has 0 saturated heterocycles. The minimum absolute atomic E-state index is 0.0535. The summed E-state index contributed by atoms with van der Waals surface area (Å²) in [5, 5.41) is 9.10. The second kappa shape index (κ2) is 3.92. The lowest BCUT2D eigenvalue weighted by Crippen LogP contribution is -2.40. The zero-order chi connectivity index (χ0) is 10.8. The van der Waals surface area contributed by atoms with Crippen LogP contribution in [0.2, 0.25) is 0 Å². The molecule has 1 aromatic rings. The van der Waals surface area contributed by atoms with E-state index in [1.807, 2.05) is 0 Å². The average molecular weight is 201 g/mol. The Morgan fingerprint density at radius 1 is 1.50 bits per heavy atom. The van der Waals surface area contributed by atoms with Crippen molar-refractivity contribution in [3.05, 3.63) is 29.8 Å². The summed E-state index contributed by atoms with van der Waals surface area (Å²) in [6.45, 7) is 0.792. The molecule has 78 valence electrons. The van der Waals surface area contributed by atoms with Crippen LogP contribution in [-0.4, -0.2) is 17.1 Å². The summed E-state index contributed by atoms with van der Waals surface area (Å²) in [6, 6.07) is 4.96. The van der Waals surface area contributed by atoms with Gasteiger partial charge >= 0.3 is 0 Å². The van der Waals surface area contributed by atoms with Crippen molar-refractivity contribution in [2.75, 3.05) is 0 Å². The number of halogens is 2. The first kappa shape index (κ1) is 10.9. The molecule has 0 aliphatic rings. The molecule has 14 heavy (non-hydrogen) atoms. The van der Waals surface area contributed by atoms with E-state index < -0.39 is 12.0 Å². The van der Waals surface area contributed by atoms with Gasteiger partial charge in [0, 0.05) is 6.92 Å². The zero-order valence-electron chi connectivity index (χ0n) is 7.87. The van der Waals surface area contributed by atoms with Crippen LogP contribution in [0.25, 0.3) is 0 Å². The first-order valence-electron chi connectivity index (χ1n) is 4.31. The fourth-order valence-corrected chi connectivity index (χ4v) is 1.12. The van der Waals surface area contributed by atoms with Gasteiger partial charge in [-0.3, -0.25) is 0 Å². The van der Waals surface area contributed by atoms with Gasteiger partial charge in [0.15, 0.2) is 0 Å². The number of phenols is 1. The molecule has 1 unspecified atom stereocenters. The van der Waals surface area contributed by atoms with Gasteiger partial charge in [-0.15, -0.1) is 0 Å². The van der Waals surface area contributed by atoms with Crippen LogP contribution in [0.1, 0.15) is 12.5 Å². The number of aromatic hydroxyl groups is 1. The molecule has 0 aromatic heterocycles. The van der Waals surface area contributed by atoms with E-state index in [1.54, 1.807) is 12.1 Å². The van der Waals surface area contributed by atoms with Gasteiger partial charge in [0.25, 0.3) is 5.92 Å². The summed E-state index contributed by atoms with van der Waals surface area (Å²) in [5.41, 5.74) is 5.91. The lowest BCUT2D eigenvalue weighted by Gasteiger charge is -2.19. The Hall–Kier alpha value is -1.16. The number of alkyl halides is 2. The van der Waals surface area contributed by atoms with Crippen LogP contribution >= 0.6 is 0 Å². The number of hydrogen-bond acceptors (Lipinski definition) is 2. The van der Waals surface area contributed by atoms with E-state index >= 15 is 0 Å². The van der Waals surface area contributed by atoms with Crippen molar-refractivity contribution < 1.29 is 13.9 Å².